The molecule has 0 spiro atoms. The van der Waals surface area contributed by atoms with Crippen LogP contribution in [-0.4, -0.2) is 21.9 Å². The summed E-state index contributed by atoms with van der Waals surface area (Å²) in [7, 11) is 0. The highest BCUT2D eigenvalue weighted by Gasteiger charge is 2.24. The van der Waals surface area contributed by atoms with E-state index in [0.717, 1.165) is 13.0 Å². The van der Waals surface area contributed by atoms with E-state index in [1.54, 1.807) is 17.1 Å². The Balaban J connectivity index is 1.77. The van der Waals surface area contributed by atoms with Crippen LogP contribution in [0.3, 0.4) is 0 Å². The van der Waals surface area contributed by atoms with Gasteiger partial charge in [0.15, 0.2) is 0 Å². The largest absolute Gasteiger partial charge is 0.299 e. The molecule has 1 atom stereocenters. The van der Waals surface area contributed by atoms with E-state index >= 15 is 0 Å². The van der Waals surface area contributed by atoms with Crippen molar-refractivity contribution in [3.8, 4) is 6.07 Å². The second-order valence-electron chi connectivity index (χ2n) is 3.83. The van der Waals surface area contributed by atoms with Crippen molar-refractivity contribution in [2.24, 2.45) is 0 Å². The van der Waals surface area contributed by atoms with Crippen molar-refractivity contribution in [1.29, 1.82) is 5.26 Å². The zero-order valence-electron chi connectivity index (χ0n) is 8.36. The first-order valence-corrected chi connectivity index (χ1v) is 5.49. The van der Waals surface area contributed by atoms with Crippen LogP contribution < -0.4 is 5.32 Å². The van der Waals surface area contributed by atoms with E-state index < -0.39 is 0 Å². The first-order valence-electron chi connectivity index (χ1n) is 5.11. The molecule has 0 saturated heterocycles. The van der Waals surface area contributed by atoms with Crippen LogP contribution in [0.15, 0.2) is 12.4 Å². The molecule has 1 aliphatic carbocycles. The lowest BCUT2D eigenvalue weighted by atomic mass is 10.2. The lowest BCUT2D eigenvalue weighted by Crippen LogP contribution is -2.30. The van der Waals surface area contributed by atoms with E-state index in [9.17, 15) is 0 Å². The Morgan fingerprint density at radius 2 is 2.53 bits per heavy atom. The van der Waals surface area contributed by atoms with Gasteiger partial charge in [-0.3, -0.25) is 10.00 Å². The highest BCUT2D eigenvalue weighted by atomic mass is 35.5. The maximum Gasteiger partial charge on any atom is 0.0972 e. The predicted molar refractivity (Wildman–Crippen MR) is 57.4 cm³/mol. The molecule has 1 fully saturated rings. The number of rotatable bonds is 5. The molecule has 80 valence electrons. The molecule has 1 aromatic rings. The number of nitrogens with one attached hydrogen (secondary N) is 1. The second-order valence-corrected chi connectivity index (χ2v) is 4.27. The fraction of sp³-hybridized carbons (Fsp3) is 0.600. The summed E-state index contributed by atoms with van der Waals surface area (Å²) in [5.41, 5.74) is 0. The summed E-state index contributed by atoms with van der Waals surface area (Å²) in [6.07, 6.45) is 6.55. The van der Waals surface area contributed by atoms with Crippen LogP contribution in [-0.2, 0) is 6.54 Å². The molecule has 1 aliphatic rings. The normalized spacial score (nSPS) is 17.3. The van der Waals surface area contributed by atoms with E-state index in [-0.39, 0.29) is 6.04 Å². The molecular weight excluding hydrogens is 212 g/mol. The van der Waals surface area contributed by atoms with Gasteiger partial charge in [-0.2, -0.15) is 10.4 Å². The second kappa shape index (κ2) is 4.65. The fourth-order valence-electron chi connectivity index (χ4n) is 1.44. The van der Waals surface area contributed by atoms with Gasteiger partial charge >= 0.3 is 0 Å². The maximum absolute atomic E-state index is 8.92. The third-order valence-electron chi connectivity index (χ3n) is 2.42. The van der Waals surface area contributed by atoms with Crippen molar-refractivity contribution >= 4 is 11.6 Å². The molecule has 1 heterocycles. The average molecular weight is 225 g/mol. The number of aromatic nitrogens is 2. The zero-order chi connectivity index (χ0) is 10.7. The molecule has 0 amide bonds. The number of halogens is 1. The van der Waals surface area contributed by atoms with E-state index in [4.69, 9.17) is 16.9 Å². The molecule has 1 N–H and O–H groups in total. The van der Waals surface area contributed by atoms with Crippen molar-refractivity contribution in [3.63, 3.8) is 0 Å². The summed E-state index contributed by atoms with van der Waals surface area (Å²) in [6.45, 7) is 0.727. The monoisotopic (exact) mass is 224 g/mol. The van der Waals surface area contributed by atoms with Crippen molar-refractivity contribution in [2.45, 2.75) is 37.9 Å². The minimum atomic E-state index is -0.0690. The van der Waals surface area contributed by atoms with Crippen LogP contribution >= 0.6 is 11.6 Å². The third kappa shape index (κ3) is 3.22. The molecule has 0 aromatic carbocycles. The van der Waals surface area contributed by atoms with Crippen molar-refractivity contribution < 1.29 is 0 Å². The van der Waals surface area contributed by atoms with Gasteiger partial charge in [-0.15, -0.1) is 0 Å². The highest BCUT2D eigenvalue weighted by molar-refractivity contribution is 6.30. The molecule has 1 unspecified atom stereocenters. The Bertz CT molecular complexity index is 364. The molecule has 15 heavy (non-hydrogen) atoms. The van der Waals surface area contributed by atoms with Crippen LogP contribution in [0, 0.1) is 11.3 Å². The summed E-state index contributed by atoms with van der Waals surface area (Å²) >= 11 is 5.74. The quantitative estimate of drug-likeness (QED) is 0.826. The predicted octanol–water partition coefficient (Wildman–Crippen LogP) is 1.57. The molecule has 4 nitrogen and oxygen atoms in total. The van der Waals surface area contributed by atoms with E-state index in [0.29, 0.717) is 11.1 Å². The topological polar surface area (TPSA) is 53.6 Å². The molecule has 5 heteroatoms. The molecule has 0 aliphatic heterocycles. The van der Waals surface area contributed by atoms with E-state index in [2.05, 4.69) is 16.5 Å². The van der Waals surface area contributed by atoms with Crippen LogP contribution in [0.1, 0.15) is 19.3 Å². The highest BCUT2D eigenvalue weighted by Crippen LogP contribution is 2.19. The summed E-state index contributed by atoms with van der Waals surface area (Å²) in [4.78, 5) is 0. The molecule has 0 bridgehead atoms. The Morgan fingerprint density at radius 3 is 3.07 bits per heavy atom. The van der Waals surface area contributed by atoms with Gasteiger partial charge in [0.05, 0.1) is 23.3 Å². The molecule has 2 rings (SSSR count). The Kier molecular flexibility index (Phi) is 3.24. The lowest BCUT2D eigenvalue weighted by molar-refractivity contribution is 0.491. The lowest BCUT2D eigenvalue weighted by Gasteiger charge is -2.09. The molecule has 1 aromatic heterocycles. The van der Waals surface area contributed by atoms with Gasteiger partial charge in [-0.1, -0.05) is 11.6 Å². The number of hydrogen-bond acceptors (Lipinski definition) is 3. The number of nitrogens with zero attached hydrogens (tertiary/aromatic N) is 3. The Morgan fingerprint density at radius 1 is 1.73 bits per heavy atom. The van der Waals surface area contributed by atoms with Crippen molar-refractivity contribution in [1.82, 2.24) is 15.1 Å². The minimum Gasteiger partial charge on any atom is -0.299 e. The summed E-state index contributed by atoms with van der Waals surface area (Å²) < 4.78 is 1.77. The Labute approximate surface area is 93.8 Å². The average Bonchev–Trinajstić information content (AvgIpc) is 2.95. The zero-order valence-corrected chi connectivity index (χ0v) is 9.11. The number of hydrogen-bond donors (Lipinski definition) is 1. The van der Waals surface area contributed by atoms with Crippen molar-refractivity contribution in [2.75, 3.05) is 0 Å². The molecule has 1 saturated carbocycles. The van der Waals surface area contributed by atoms with Gasteiger partial charge in [-0.25, -0.2) is 0 Å². The summed E-state index contributed by atoms with van der Waals surface area (Å²) in [5, 5.41) is 16.9. The van der Waals surface area contributed by atoms with E-state index in [1.165, 1.54) is 12.8 Å². The van der Waals surface area contributed by atoms with Gasteiger partial charge < -0.3 is 0 Å². The maximum atomic E-state index is 8.92. The Hall–Kier alpha value is -1.05. The minimum absolute atomic E-state index is 0.0690. The SMILES string of the molecule is N#CC(CCn1cc(Cl)cn1)NC1CC1. The van der Waals surface area contributed by atoms with Crippen LogP contribution in [0.25, 0.3) is 0 Å². The first-order chi connectivity index (χ1) is 7.28. The summed E-state index contributed by atoms with van der Waals surface area (Å²) in [5.74, 6) is 0. The van der Waals surface area contributed by atoms with Crippen molar-refractivity contribution in [3.05, 3.63) is 17.4 Å². The number of aryl methyl sites for hydroxylation is 1. The summed E-state index contributed by atoms with van der Waals surface area (Å²) in [6, 6.07) is 2.76. The molecule has 0 radical (unpaired) electrons. The smallest absolute Gasteiger partial charge is 0.0972 e. The van der Waals surface area contributed by atoms with Gasteiger partial charge in [0.2, 0.25) is 0 Å². The fourth-order valence-corrected chi connectivity index (χ4v) is 1.60. The van der Waals surface area contributed by atoms with Crippen LogP contribution in [0.4, 0.5) is 0 Å². The van der Waals surface area contributed by atoms with E-state index in [1.807, 2.05) is 0 Å². The van der Waals surface area contributed by atoms with Gasteiger partial charge in [0.1, 0.15) is 0 Å². The van der Waals surface area contributed by atoms with Crippen LogP contribution in [0.2, 0.25) is 5.02 Å². The standard InChI is InChI=1S/C10H13ClN4/c11-8-6-13-15(7-8)4-3-10(5-12)14-9-1-2-9/h6-7,9-10,14H,1-4H2. The molecular formula is C10H13ClN4. The first kappa shape index (κ1) is 10.5. The number of nitriles is 1. The van der Waals surface area contributed by atoms with Crippen LogP contribution in [0.5, 0.6) is 0 Å². The van der Waals surface area contributed by atoms with Gasteiger partial charge in [0, 0.05) is 18.8 Å². The third-order valence-corrected chi connectivity index (χ3v) is 2.61. The van der Waals surface area contributed by atoms with Gasteiger partial charge in [0.25, 0.3) is 0 Å². The van der Waals surface area contributed by atoms with Gasteiger partial charge in [-0.05, 0) is 19.3 Å².